The molecule has 0 aromatic heterocycles. The first-order valence-corrected chi connectivity index (χ1v) is 11.6. The van der Waals surface area contributed by atoms with Crippen LogP contribution in [-0.4, -0.2) is 17.7 Å². The predicted molar refractivity (Wildman–Crippen MR) is 124 cm³/mol. The van der Waals surface area contributed by atoms with Gasteiger partial charge >= 0.3 is 5.97 Å². The van der Waals surface area contributed by atoms with Gasteiger partial charge in [0.1, 0.15) is 41.0 Å². The Morgan fingerprint density at radius 2 is 2.06 bits per heavy atom. The molecule has 6 nitrogen and oxygen atoms in total. The van der Waals surface area contributed by atoms with Gasteiger partial charge in [0, 0.05) is 33.1 Å². The Balaban J connectivity index is 1.40. The summed E-state index contributed by atoms with van der Waals surface area (Å²) in [5.74, 6) is 0.561. The first-order valence-electron chi connectivity index (χ1n) is 10.8. The topological polar surface area (TPSA) is 88.8 Å². The maximum Gasteiger partial charge on any atom is 0.304 e. The molecule has 34 heavy (non-hydrogen) atoms. The highest BCUT2D eigenvalue weighted by molar-refractivity contribution is 9.10. The highest BCUT2D eigenvalue weighted by Crippen LogP contribution is 2.44. The first-order chi connectivity index (χ1) is 16.4. The van der Waals surface area contributed by atoms with Crippen LogP contribution in [-0.2, 0) is 11.2 Å². The van der Waals surface area contributed by atoms with E-state index >= 15 is 0 Å². The molecule has 5 rings (SSSR count). The van der Waals surface area contributed by atoms with Crippen molar-refractivity contribution in [3.63, 3.8) is 0 Å². The normalized spacial score (nSPS) is 17.9. The van der Waals surface area contributed by atoms with E-state index in [1.807, 2.05) is 6.07 Å². The number of hydrogen-bond donors (Lipinski definition) is 1. The molecule has 1 N–H and O–H groups in total. The fraction of sp³-hybridized carbons (Fsp3) is 0.231. The van der Waals surface area contributed by atoms with E-state index in [1.54, 1.807) is 36.4 Å². The van der Waals surface area contributed by atoms with Gasteiger partial charge in [-0.3, -0.25) is 4.79 Å². The zero-order valence-electron chi connectivity index (χ0n) is 17.9. The predicted octanol–water partition coefficient (Wildman–Crippen LogP) is 6.27. The van der Waals surface area contributed by atoms with E-state index in [9.17, 15) is 14.4 Å². The molecule has 1 heterocycles. The third kappa shape index (κ3) is 4.19. The summed E-state index contributed by atoms with van der Waals surface area (Å²) in [6, 6.07) is 15.5. The van der Waals surface area contributed by atoms with E-state index in [0.29, 0.717) is 59.1 Å². The Bertz CT molecular complexity index is 1340. The van der Waals surface area contributed by atoms with E-state index in [0.717, 1.165) is 10.0 Å². The summed E-state index contributed by atoms with van der Waals surface area (Å²) in [5.41, 5.74) is 2.38. The summed E-state index contributed by atoms with van der Waals surface area (Å²) in [7, 11) is 0. The molecule has 2 aliphatic rings. The molecule has 172 valence electrons. The number of nitriles is 1. The molecule has 0 unspecified atom stereocenters. The molecule has 0 bridgehead atoms. The minimum Gasteiger partial charge on any atom is -0.492 e. The van der Waals surface area contributed by atoms with E-state index in [4.69, 9.17) is 19.3 Å². The molecule has 3 aromatic rings. The average molecular weight is 524 g/mol. The number of nitrogens with zero attached hydrogens (tertiary/aromatic N) is 1. The fourth-order valence-corrected chi connectivity index (χ4v) is 4.86. The van der Waals surface area contributed by atoms with Gasteiger partial charge in [-0.05, 0) is 49.2 Å². The van der Waals surface area contributed by atoms with Gasteiger partial charge in [0.15, 0.2) is 0 Å². The first kappa shape index (κ1) is 22.2. The summed E-state index contributed by atoms with van der Waals surface area (Å²) >= 11 is 3.39. The second-order valence-electron chi connectivity index (χ2n) is 8.24. The van der Waals surface area contributed by atoms with Gasteiger partial charge in [-0.25, -0.2) is 4.39 Å². The van der Waals surface area contributed by atoms with Crippen molar-refractivity contribution >= 4 is 21.9 Å². The third-order valence-electron chi connectivity index (χ3n) is 6.09. The lowest BCUT2D eigenvalue weighted by Crippen LogP contribution is -2.07. The molecule has 0 amide bonds. The zero-order chi connectivity index (χ0) is 23.8. The van der Waals surface area contributed by atoms with Gasteiger partial charge in [0.2, 0.25) is 0 Å². The van der Waals surface area contributed by atoms with Gasteiger partial charge < -0.3 is 19.3 Å². The lowest BCUT2D eigenvalue weighted by Gasteiger charge is -2.17. The quantitative estimate of drug-likeness (QED) is 0.409. The standard InChI is InChI=1S/C26H19BrFNO5/c27-16-2-1-14(12-29)23(10-16)34-21-8-6-20(28)26-19(21)5-7-22(26)33-17-3-4-18-15(9-25(30)31)13-32-24(18)11-17/h1-4,6,8,10-11,15,22H,5,7,9,13H2,(H,30,31)/t15-,22-/m1/s1. The maximum atomic E-state index is 14.9. The molecular weight excluding hydrogens is 505 g/mol. The van der Waals surface area contributed by atoms with Crippen LogP contribution in [0.5, 0.6) is 23.0 Å². The molecular formula is C26H19BrFNO5. The van der Waals surface area contributed by atoms with Crippen molar-refractivity contribution in [3.8, 4) is 29.1 Å². The van der Waals surface area contributed by atoms with Gasteiger partial charge in [-0.1, -0.05) is 22.0 Å². The molecule has 2 atom stereocenters. The number of aliphatic carboxylic acids is 1. The number of carboxylic acid groups (broad SMARTS) is 1. The van der Waals surface area contributed by atoms with Crippen molar-refractivity contribution < 1.29 is 28.5 Å². The summed E-state index contributed by atoms with van der Waals surface area (Å²) < 4.78 is 33.5. The van der Waals surface area contributed by atoms with Crippen LogP contribution in [0.1, 0.15) is 47.1 Å². The van der Waals surface area contributed by atoms with Crippen LogP contribution in [0.3, 0.4) is 0 Å². The van der Waals surface area contributed by atoms with Gasteiger partial charge in [0.25, 0.3) is 0 Å². The van der Waals surface area contributed by atoms with Crippen LogP contribution in [0.25, 0.3) is 0 Å². The molecule has 0 saturated carbocycles. The lowest BCUT2D eigenvalue weighted by atomic mass is 9.98. The molecule has 1 aliphatic heterocycles. The van der Waals surface area contributed by atoms with E-state index in [-0.39, 0.29) is 18.2 Å². The summed E-state index contributed by atoms with van der Waals surface area (Å²) in [6.45, 7) is 0.312. The summed E-state index contributed by atoms with van der Waals surface area (Å²) in [4.78, 5) is 11.1. The van der Waals surface area contributed by atoms with Crippen molar-refractivity contribution in [2.24, 2.45) is 0 Å². The average Bonchev–Trinajstić information content (AvgIpc) is 3.40. The van der Waals surface area contributed by atoms with Crippen LogP contribution in [0.15, 0.2) is 53.0 Å². The minimum atomic E-state index is -0.873. The molecule has 8 heteroatoms. The third-order valence-corrected chi connectivity index (χ3v) is 6.58. The Morgan fingerprint density at radius 3 is 2.85 bits per heavy atom. The van der Waals surface area contributed by atoms with Crippen LogP contribution in [0.2, 0.25) is 0 Å². The largest absolute Gasteiger partial charge is 0.492 e. The Morgan fingerprint density at radius 1 is 1.21 bits per heavy atom. The highest BCUT2D eigenvalue weighted by Gasteiger charge is 2.32. The SMILES string of the molecule is N#Cc1ccc(Br)cc1Oc1ccc(F)c2c1CC[C@H]2Oc1ccc2c(c1)OC[C@H]2CC(=O)O. The fourth-order valence-electron chi connectivity index (χ4n) is 4.52. The van der Waals surface area contributed by atoms with Crippen LogP contribution < -0.4 is 14.2 Å². The van der Waals surface area contributed by atoms with Crippen molar-refractivity contribution in [1.29, 1.82) is 5.26 Å². The Kier molecular flexibility index (Phi) is 5.88. The van der Waals surface area contributed by atoms with Crippen molar-refractivity contribution in [2.45, 2.75) is 31.3 Å². The van der Waals surface area contributed by atoms with Crippen molar-refractivity contribution in [1.82, 2.24) is 0 Å². The van der Waals surface area contributed by atoms with E-state index < -0.39 is 12.1 Å². The molecule has 3 aromatic carbocycles. The van der Waals surface area contributed by atoms with Crippen LogP contribution in [0, 0.1) is 17.1 Å². The van der Waals surface area contributed by atoms with Crippen molar-refractivity contribution in [2.75, 3.05) is 6.61 Å². The molecule has 0 saturated heterocycles. The van der Waals surface area contributed by atoms with Gasteiger partial charge in [0.05, 0.1) is 18.6 Å². The van der Waals surface area contributed by atoms with Gasteiger partial charge in [-0.15, -0.1) is 0 Å². The lowest BCUT2D eigenvalue weighted by molar-refractivity contribution is -0.137. The molecule has 0 fully saturated rings. The minimum absolute atomic E-state index is 0.00267. The zero-order valence-corrected chi connectivity index (χ0v) is 19.5. The number of benzene rings is 3. The molecule has 0 radical (unpaired) electrons. The van der Waals surface area contributed by atoms with Crippen molar-refractivity contribution in [3.05, 3.63) is 81.1 Å². The van der Waals surface area contributed by atoms with E-state index in [1.165, 1.54) is 6.07 Å². The number of carbonyl (C=O) groups is 1. The summed E-state index contributed by atoms with van der Waals surface area (Å²) in [6.07, 6.45) is 0.620. The number of ether oxygens (including phenoxy) is 3. The number of halogens is 2. The van der Waals surface area contributed by atoms with Gasteiger partial charge in [-0.2, -0.15) is 5.26 Å². The number of carboxylic acids is 1. The molecule has 1 aliphatic carbocycles. The van der Waals surface area contributed by atoms with Crippen LogP contribution >= 0.6 is 15.9 Å². The number of fused-ring (bicyclic) bond motifs is 2. The number of hydrogen-bond acceptors (Lipinski definition) is 5. The second-order valence-corrected chi connectivity index (χ2v) is 9.16. The maximum absolute atomic E-state index is 14.9. The summed E-state index contributed by atoms with van der Waals surface area (Å²) in [5, 5.41) is 18.5. The highest BCUT2D eigenvalue weighted by atomic mass is 79.9. The van der Waals surface area contributed by atoms with E-state index in [2.05, 4.69) is 22.0 Å². The van der Waals surface area contributed by atoms with Crippen LogP contribution in [0.4, 0.5) is 4.39 Å². The number of rotatable bonds is 6. The Labute approximate surface area is 203 Å². The Hall–Kier alpha value is -3.57. The second kappa shape index (κ2) is 8.99. The smallest absolute Gasteiger partial charge is 0.304 e. The monoisotopic (exact) mass is 523 g/mol. The molecule has 0 spiro atoms.